The number of H-pyrrole nitrogens is 2. The maximum atomic E-state index is 17.7. The number of piperidine rings is 1. The molecule has 4 fully saturated rings. The van der Waals surface area contributed by atoms with Gasteiger partial charge in [-0.3, -0.25) is 9.59 Å². The molecule has 0 radical (unpaired) electrons. The van der Waals surface area contributed by atoms with Crippen molar-refractivity contribution in [3.05, 3.63) is 154 Å². The molecule has 4 aliphatic heterocycles. The van der Waals surface area contributed by atoms with Crippen LogP contribution in [0.2, 0.25) is 0 Å². The number of likely N-dealkylation sites (tertiary alicyclic amines) is 2. The van der Waals surface area contributed by atoms with E-state index in [1.54, 1.807) is 75.4 Å². The number of rotatable bonds is 14. The van der Waals surface area contributed by atoms with Gasteiger partial charge in [0.15, 0.2) is 17.3 Å². The molecule has 5 aromatic carbocycles. The number of ether oxygens (including phenoxy) is 1. The zero-order valence-electron chi connectivity index (χ0n) is 45.8. The topological polar surface area (TPSA) is 143 Å². The first-order valence-electron chi connectivity index (χ1n) is 28.2. The first-order chi connectivity index (χ1) is 38.5. The lowest BCUT2D eigenvalue weighted by atomic mass is 9.73. The standard InChI is InChI=1S/C62H68F5N9O4/c1-35(2)28-55(77)74-24-12-18-53(74)58-68-47-31-41(43(63)33-49(47)70-58)51-20-21-52(42-32-48-50(34-44(42)64)71-59(69-48)54-19-13-25-75(54)60(78)56(36(3)4)72-61(79)80-5)76(51)40-29-45(65)57(46(66)30-40)73-26-22-39(23-27-73)62(67,37-14-8-6-9-15-37)38-16-10-7-11-17-38/h6-11,14-17,29-36,39,51-54,56H,12-13,18-28H2,1-5H3,(H,68,70)(H,69,71)(H,72,79)/t51-,52-,53+,54+,56+/m1/s1. The molecular weight excluding hydrogens is 1030 g/mol. The van der Waals surface area contributed by atoms with Crippen molar-refractivity contribution in [3.8, 4) is 0 Å². The Bertz CT molecular complexity index is 3360. The molecule has 13 nitrogen and oxygen atoms in total. The van der Waals surface area contributed by atoms with Crippen LogP contribution in [0.15, 0.2) is 97.1 Å². The highest BCUT2D eigenvalue weighted by molar-refractivity contribution is 5.87. The summed E-state index contributed by atoms with van der Waals surface area (Å²) in [7, 11) is 1.23. The molecule has 11 rings (SSSR count). The minimum Gasteiger partial charge on any atom is -0.453 e. The van der Waals surface area contributed by atoms with E-state index in [1.165, 1.54) is 31.4 Å². The molecule has 3 N–H and O–H groups in total. The molecule has 0 saturated carbocycles. The molecule has 7 aromatic rings. The Balaban J connectivity index is 0.936. The van der Waals surface area contributed by atoms with E-state index in [4.69, 9.17) is 14.7 Å². The molecule has 6 heterocycles. The second-order valence-electron chi connectivity index (χ2n) is 22.9. The van der Waals surface area contributed by atoms with Gasteiger partial charge in [0.2, 0.25) is 11.8 Å². The van der Waals surface area contributed by atoms with Crippen molar-refractivity contribution in [1.29, 1.82) is 0 Å². The fraction of sp³-hybridized carbons (Fsp3) is 0.435. The van der Waals surface area contributed by atoms with E-state index in [-0.39, 0.29) is 78.1 Å². The summed E-state index contributed by atoms with van der Waals surface area (Å²) < 4.78 is 90.8. The fourth-order valence-corrected chi connectivity index (χ4v) is 13.3. The van der Waals surface area contributed by atoms with Crippen molar-refractivity contribution in [2.75, 3.05) is 43.1 Å². The van der Waals surface area contributed by atoms with Crippen LogP contribution >= 0.6 is 0 Å². The van der Waals surface area contributed by atoms with Crippen LogP contribution in [0.1, 0.15) is 144 Å². The zero-order chi connectivity index (χ0) is 56.1. The molecule has 4 saturated heterocycles. The Morgan fingerprint density at radius 2 is 1.15 bits per heavy atom. The van der Waals surface area contributed by atoms with E-state index in [9.17, 15) is 14.4 Å². The van der Waals surface area contributed by atoms with Gasteiger partial charge in [0, 0.05) is 67.5 Å². The molecule has 0 unspecified atom stereocenters. The first-order valence-corrected chi connectivity index (χ1v) is 28.2. The highest BCUT2D eigenvalue weighted by atomic mass is 19.2. The number of aromatic amines is 2. The van der Waals surface area contributed by atoms with Crippen molar-refractivity contribution in [3.63, 3.8) is 0 Å². The minimum absolute atomic E-state index is 0.0301. The number of halogens is 5. The second-order valence-corrected chi connectivity index (χ2v) is 22.9. The van der Waals surface area contributed by atoms with E-state index >= 15 is 22.0 Å². The number of alkyl halides is 1. The molecule has 420 valence electrons. The third-order valence-electron chi connectivity index (χ3n) is 17.1. The highest BCUT2D eigenvalue weighted by Crippen LogP contribution is 2.51. The van der Waals surface area contributed by atoms with Gasteiger partial charge in [0.1, 0.15) is 35.0 Å². The first kappa shape index (κ1) is 54.5. The average molecular weight is 1100 g/mol. The summed E-state index contributed by atoms with van der Waals surface area (Å²) in [5.74, 6) is -2.84. The van der Waals surface area contributed by atoms with Crippen molar-refractivity contribution >= 4 is 51.3 Å². The van der Waals surface area contributed by atoms with Gasteiger partial charge in [-0.05, 0) is 98.6 Å². The number of amides is 3. The van der Waals surface area contributed by atoms with Crippen LogP contribution in [-0.4, -0.2) is 87.0 Å². The summed E-state index contributed by atoms with van der Waals surface area (Å²) in [6.45, 7) is 8.99. The molecule has 18 heteroatoms. The fourth-order valence-electron chi connectivity index (χ4n) is 13.3. The molecule has 0 aliphatic carbocycles. The number of carbonyl (C=O) groups is 3. The summed E-state index contributed by atoms with van der Waals surface area (Å²) >= 11 is 0. The van der Waals surface area contributed by atoms with Crippen LogP contribution < -0.4 is 15.1 Å². The number of anilines is 2. The van der Waals surface area contributed by atoms with Gasteiger partial charge in [0.25, 0.3) is 0 Å². The number of nitrogens with one attached hydrogen (secondary N) is 3. The predicted octanol–water partition coefficient (Wildman–Crippen LogP) is 13.0. The van der Waals surface area contributed by atoms with Crippen LogP contribution in [0.3, 0.4) is 0 Å². The Hall–Kier alpha value is -7.50. The zero-order valence-corrected chi connectivity index (χ0v) is 45.8. The number of imidazole rings is 2. The molecule has 0 bridgehead atoms. The summed E-state index contributed by atoms with van der Waals surface area (Å²) in [5, 5.41) is 2.66. The quantitative estimate of drug-likeness (QED) is 0.0914. The number of nitrogens with zero attached hydrogens (tertiary/aromatic N) is 6. The average Bonchev–Trinajstić information content (AvgIpc) is 4.42. The second kappa shape index (κ2) is 22.2. The van der Waals surface area contributed by atoms with E-state index < -0.39 is 65.1 Å². The SMILES string of the molecule is COC(=O)N[C@H](C(=O)N1CCC[C@H]1c1nc2cc(F)c([C@H]3CC[C@H](c4cc5[nH]c([C@@H]6CCCN6C(=O)CC(C)C)nc5cc4F)N3c3cc(F)c(N4CCC(C(F)(c5ccccc5)c5ccccc5)CC4)c(F)c3)cc2[nH]1)C(C)C. The van der Waals surface area contributed by atoms with Gasteiger partial charge in [-0.25, -0.2) is 36.7 Å². The van der Waals surface area contributed by atoms with E-state index in [0.29, 0.717) is 96.5 Å². The van der Waals surface area contributed by atoms with Gasteiger partial charge in [-0.2, -0.15) is 0 Å². The largest absolute Gasteiger partial charge is 0.453 e. The Morgan fingerprint density at radius 3 is 1.64 bits per heavy atom. The summed E-state index contributed by atoms with van der Waals surface area (Å²) in [5.41, 5.74) is 1.05. The number of hydrogen-bond acceptors (Lipinski definition) is 8. The summed E-state index contributed by atoms with van der Waals surface area (Å²) in [6, 6.07) is 23.0. The predicted molar refractivity (Wildman–Crippen MR) is 296 cm³/mol. The Labute approximate surface area is 462 Å². The highest BCUT2D eigenvalue weighted by Gasteiger charge is 2.46. The van der Waals surface area contributed by atoms with Crippen LogP contribution in [0.25, 0.3) is 22.1 Å². The third-order valence-corrected chi connectivity index (χ3v) is 17.1. The third kappa shape index (κ3) is 10.1. The number of alkyl carbamates (subject to hydrolysis) is 1. The van der Waals surface area contributed by atoms with Crippen molar-refractivity contribution in [1.82, 2.24) is 35.1 Å². The van der Waals surface area contributed by atoms with Gasteiger partial charge >= 0.3 is 6.09 Å². The molecule has 2 aromatic heterocycles. The molecular formula is C62H68F5N9O4. The van der Waals surface area contributed by atoms with Gasteiger partial charge in [-0.1, -0.05) is 88.4 Å². The number of hydrogen-bond donors (Lipinski definition) is 3. The van der Waals surface area contributed by atoms with Crippen molar-refractivity contribution in [2.24, 2.45) is 17.8 Å². The van der Waals surface area contributed by atoms with E-state index in [0.717, 1.165) is 6.42 Å². The Morgan fingerprint density at radius 1 is 0.650 bits per heavy atom. The normalized spacial score (nSPS) is 20.5. The van der Waals surface area contributed by atoms with Crippen LogP contribution in [0.5, 0.6) is 0 Å². The lowest BCUT2D eigenvalue weighted by molar-refractivity contribution is -0.135. The molecule has 4 aliphatic rings. The Kier molecular flexibility index (Phi) is 15.1. The number of fused-ring (bicyclic) bond motifs is 2. The van der Waals surface area contributed by atoms with E-state index in [1.807, 2.05) is 44.7 Å². The van der Waals surface area contributed by atoms with Crippen LogP contribution in [0.4, 0.5) is 38.1 Å². The van der Waals surface area contributed by atoms with E-state index in [2.05, 4.69) is 15.3 Å². The van der Waals surface area contributed by atoms with Crippen LogP contribution in [0, 0.1) is 41.0 Å². The van der Waals surface area contributed by atoms with Crippen LogP contribution in [-0.2, 0) is 20.0 Å². The lowest BCUT2D eigenvalue weighted by Gasteiger charge is -2.41. The smallest absolute Gasteiger partial charge is 0.407 e. The van der Waals surface area contributed by atoms with Crippen molar-refractivity contribution in [2.45, 2.75) is 121 Å². The molecule has 5 atom stereocenters. The maximum Gasteiger partial charge on any atom is 0.407 e. The molecule has 3 amide bonds. The monoisotopic (exact) mass is 1100 g/mol. The lowest BCUT2D eigenvalue weighted by Crippen LogP contribution is -2.51. The van der Waals surface area contributed by atoms with Gasteiger partial charge in [-0.15, -0.1) is 0 Å². The number of benzene rings is 5. The minimum atomic E-state index is -1.84. The van der Waals surface area contributed by atoms with Gasteiger partial charge < -0.3 is 39.6 Å². The molecule has 80 heavy (non-hydrogen) atoms. The summed E-state index contributed by atoms with van der Waals surface area (Å²) in [4.78, 5) is 62.7. The number of carbonyl (C=O) groups excluding carboxylic acids is 3. The number of methoxy groups -OCH3 is 1. The molecule has 0 spiro atoms. The maximum absolute atomic E-state index is 17.7. The summed E-state index contributed by atoms with van der Waals surface area (Å²) in [6.07, 6.45) is 3.52. The van der Waals surface area contributed by atoms with Crippen molar-refractivity contribution < 1.29 is 41.1 Å². The van der Waals surface area contributed by atoms with Gasteiger partial charge in [0.05, 0.1) is 53.3 Å². The number of aromatic nitrogens is 4.